The zero-order valence-electron chi connectivity index (χ0n) is 16.1. The molecule has 2 aromatic rings. The molecule has 0 fully saturated rings. The van der Waals surface area contributed by atoms with Crippen LogP contribution in [0.5, 0.6) is 5.75 Å². The van der Waals surface area contributed by atoms with Gasteiger partial charge in [0.2, 0.25) is 5.91 Å². The van der Waals surface area contributed by atoms with E-state index in [1.165, 1.54) is 6.07 Å². The number of hydrogen-bond donors (Lipinski definition) is 3. The quantitative estimate of drug-likeness (QED) is 0.532. The summed E-state index contributed by atoms with van der Waals surface area (Å²) in [6, 6.07) is 1.92. The number of rotatable bonds is 8. The summed E-state index contributed by atoms with van der Waals surface area (Å²) < 4.78 is 59.3. The molecule has 0 aliphatic heterocycles. The Balaban J connectivity index is 2.67. The molecule has 0 saturated heterocycles. The number of aliphatic hydroxyl groups excluding tert-OH is 1. The highest BCUT2D eigenvalue weighted by atomic mass is 19.4. The van der Waals surface area contributed by atoms with E-state index in [0.29, 0.717) is 16.8 Å². The van der Waals surface area contributed by atoms with Crippen molar-refractivity contribution in [3.05, 3.63) is 63.3 Å². The number of carboxylic acid groups (broad SMARTS) is 1. The minimum absolute atomic E-state index is 0.173. The normalized spacial score (nSPS) is 12.3. The number of benzene rings is 1. The first-order valence-corrected chi connectivity index (χ1v) is 8.76. The van der Waals surface area contributed by atoms with Crippen molar-refractivity contribution in [2.45, 2.75) is 25.2 Å². The van der Waals surface area contributed by atoms with E-state index < -0.39 is 65.4 Å². The largest absolute Gasteiger partial charge is 0.491 e. The number of carboxylic acids is 1. The molecule has 0 saturated carbocycles. The molecule has 0 aliphatic rings. The fourth-order valence-electron chi connectivity index (χ4n) is 2.86. The number of nitrogens with zero attached hydrogens (tertiary/aromatic N) is 1. The summed E-state index contributed by atoms with van der Waals surface area (Å²) in [6.07, 6.45) is -4.74. The standard InChI is InChI=1S/C19H18F4N2O6/c1-31-16-12(19(21,22)23)5-7-25(18(16)30)15(17(29)24-6-4-14(27)28)11-8-10(9-26)2-3-13(11)20/h2-3,5,7-8,15,26H,4,6,9H2,1H3,(H,24,29)(H,27,28). The topological polar surface area (TPSA) is 118 Å². The monoisotopic (exact) mass is 446 g/mol. The van der Waals surface area contributed by atoms with Crippen molar-refractivity contribution < 1.29 is 42.1 Å². The second kappa shape index (κ2) is 9.60. The van der Waals surface area contributed by atoms with E-state index in [1.54, 1.807) is 0 Å². The molecule has 0 aliphatic carbocycles. The third-order valence-electron chi connectivity index (χ3n) is 4.29. The van der Waals surface area contributed by atoms with Crippen LogP contribution in [0.3, 0.4) is 0 Å². The average Bonchev–Trinajstić information content (AvgIpc) is 2.69. The van der Waals surface area contributed by atoms with E-state index in [1.807, 2.05) is 0 Å². The number of carbonyl (C=O) groups excluding carboxylic acids is 1. The number of alkyl halides is 3. The lowest BCUT2D eigenvalue weighted by atomic mass is 10.0. The van der Waals surface area contributed by atoms with Gasteiger partial charge in [0.25, 0.3) is 5.56 Å². The van der Waals surface area contributed by atoms with Crippen LogP contribution in [0.4, 0.5) is 17.6 Å². The van der Waals surface area contributed by atoms with Crippen molar-refractivity contribution in [1.82, 2.24) is 9.88 Å². The van der Waals surface area contributed by atoms with Crippen molar-refractivity contribution in [2.75, 3.05) is 13.7 Å². The Labute approximate surface area is 172 Å². The number of aliphatic hydroxyl groups is 1. The molecule has 1 amide bonds. The van der Waals surface area contributed by atoms with E-state index in [4.69, 9.17) is 5.11 Å². The predicted octanol–water partition coefficient (Wildman–Crippen LogP) is 1.69. The molecular weight excluding hydrogens is 428 g/mol. The summed E-state index contributed by atoms with van der Waals surface area (Å²) in [7, 11) is 0.839. The van der Waals surface area contributed by atoms with Gasteiger partial charge in [-0.15, -0.1) is 0 Å². The predicted molar refractivity (Wildman–Crippen MR) is 98.0 cm³/mol. The van der Waals surface area contributed by atoms with Crippen LogP contribution in [0.25, 0.3) is 0 Å². The van der Waals surface area contributed by atoms with Crippen molar-refractivity contribution >= 4 is 11.9 Å². The highest BCUT2D eigenvalue weighted by Gasteiger charge is 2.37. The van der Waals surface area contributed by atoms with Crippen LogP contribution in [0.15, 0.2) is 35.3 Å². The Morgan fingerprint density at radius 1 is 1.26 bits per heavy atom. The molecule has 0 spiro atoms. The highest BCUT2D eigenvalue weighted by Crippen LogP contribution is 2.34. The number of aliphatic carboxylic acids is 1. The SMILES string of the molecule is COc1c(C(F)(F)F)ccn(C(C(=O)NCCC(=O)O)c2cc(CO)ccc2F)c1=O. The zero-order valence-corrected chi connectivity index (χ0v) is 16.1. The molecule has 0 radical (unpaired) electrons. The number of amides is 1. The van der Waals surface area contributed by atoms with Crippen molar-refractivity contribution in [2.24, 2.45) is 0 Å². The molecule has 3 N–H and O–H groups in total. The fraction of sp³-hybridized carbons (Fsp3) is 0.316. The molecule has 31 heavy (non-hydrogen) atoms. The molecule has 168 valence electrons. The maximum absolute atomic E-state index is 14.6. The molecule has 0 bridgehead atoms. The lowest BCUT2D eigenvalue weighted by molar-refractivity contribution is -0.139. The van der Waals surface area contributed by atoms with Crippen LogP contribution < -0.4 is 15.6 Å². The summed E-state index contributed by atoms with van der Waals surface area (Å²) in [5.41, 5.74) is -2.98. The van der Waals surface area contributed by atoms with E-state index in [9.17, 15) is 37.1 Å². The minimum atomic E-state index is -4.93. The van der Waals surface area contributed by atoms with Gasteiger partial charge in [-0.3, -0.25) is 19.0 Å². The van der Waals surface area contributed by atoms with Gasteiger partial charge in [-0.25, -0.2) is 4.39 Å². The minimum Gasteiger partial charge on any atom is -0.491 e. The maximum atomic E-state index is 14.6. The number of nitrogens with one attached hydrogen (secondary N) is 1. The molecule has 1 aromatic heterocycles. The van der Waals surface area contributed by atoms with E-state index in [2.05, 4.69) is 10.1 Å². The van der Waals surface area contributed by atoms with Gasteiger partial charge in [-0.1, -0.05) is 6.07 Å². The molecule has 8 nitrogen and oxygen atoms in total. The Morgan fingerprint density at radius 3 is 2.48 bits per heavy atom. The third kappa shape index (κ3) is 5.40. The van der Waals surface area contributed by atoms with Crippen LogP contribution >= 0.6 is 0 Å². The Hall–Kier alpha value is -3.41. The van der Waals surface area contributed by atoms with Crippen LogP contribution in [-0.2, 0) is 22.4 Å². The highest BCUT2D eigenvalue weighted by molar-refractivity contribution is 5.84. The van der Waals surface area contributed by atoms with Gasteiger partial charge in [-0.2, -0.15) is 13.2 Å². The molecule has 1 heterocycles. The summed E-state index contributed by atoms with van der Waals surface area (Å²) >= 11 is 0. The Kier molecular flexibility index (Phi) is 7.39. The molecule has 1 aromatic carbocycles. The van der Waals surface area contributed by atoms with Gasteiger partial charge in [0.05, 0.1) is 20.1 Å². The van der Waals surface area contributed by atoms with Crippen molar-refractivity contribution in [3.8, 4) is 5.75 Å². The van der Waals surface area contributed by atoms with Gasteiger partial charge in [0.1, 0.15) is 17.4 Å². The lowest BCUT2D eigenvalue weighted by Gasteiger charge is -2.22. The Bertz CT molecular complexity index is 1040. The van der Waals surface area contributed by atoms with Crippen molar-refractivity contribution in [1.29, 1.82) is 0 Å². The number of ether oxygens (including phenoxy) is 1. The summed E-state index contributed by atoms with van der Waals surface area (Å²) in [4.78, 5) is 36.2. The number of carbonyl (C=O) groups is 2. The smallest absolute Gasteiger partial charge is 0.420 e. The van der Waals surface area contributed by atoms with E-state index in [-0.39, 0.29) is 12.1 Å². The van der Waals surface area contributed by atoms with E-state index >= 15 is 0 Å². The van der Waals surface area contributed by atoms with Crippen LogP contribution in [0, 0.1) is 5.82 Å². The average molecular weight is 446 g/mol. The molecule has 12 heteroatoms. The molecule has 1 atom stereocenters. The second-order valence-corrected chi connectivity index (χ2v) is 6.32. The number of aromatic nitrogens is 1. The van der Waals surface area contributed by atoms with E-state index in [0.717, 1.165) is 19.2 Å². The maximum Gasteiger partial charge on any atom is 0.420 e. The van der Waals surface area contributed by atoms with Gasteiger partial charge >= 0.3 is 12.1 Å². The van der Waals surface area contributed by atoms with Crippen LogP contribution in [0.2, 0.25) is 0 Å². The first-order chi connectivity index (χ1) is 14.5. The lowest BCUT2D eigenvalue weighted by Crippen LogP contribution is -2.39. The number of hydrogen-bond acceptors (Lipinski definition) is 5. The number of pyridine rings is 1. The van der Waals surface area contributed by atoms with Gasteiger partial charge in [0, 0.05) is 18.3 Å². The zero-order chi connectivity index (χ0) is 23.3. The van der Waals surface area contributed by atoms with Gasteiger partial charge < -0.3 is 20.3 Å². The second-order valence-electron chi connectivity index (χ2n) is 6.32. The summed E-state index contributed by atoms with van der Waals surface area (Å²) in [6.45, 7) is -0.912. The van der Waals surface area contributed by atoms with Crippen LogP contribution in [-0.4, -0.2) is 40.3 Å². The van der Waals surface area contributed by atoms with Gasteiger partial charge in [0.15, 0.2) is 5.75 Å². The number of halogens is 4. The number of methoxy groups -OCH3 is 1. The Morgan fingerprint density at radius 2 is 1.94 bits per heavy atom. The molecule has 1 unspecified atom stereocenters. The van der Waals surface area contributed by atoms with Gasteiger partial charge in [-0.05, 0) is 23.8 Å². The molecular formula is C19H18F4N2O6. The summed E-state index contributed by atoms with van der Waals surface area (Å²) in [5.74, 6) is -4.35. The molecule has 2 rings (SSSR count). The van der Waals surface area contributed by atoms with Crippen LogP contribution in [0.1, 0.15) is 29.2 Å². The van der Waals surface area contributed by atoms with Crippen molar-refractivity contribution in [3.63, 3.8) is 0 Å². The fourth-order valence-corrected chi connectivity index (χ4v) is 2.86. The first kappa shape index (κ1) is 23.9. The third-order valence-corrected chi connectivity index (χ3v) is 4.29. The first-order valence-electron chi connectivity index (χ1n) is 8.76. The summed E-state index contributed by atoms with van der Waals surface area (Å²) in [5, 5.41) is 20.2.